The Hall–Kier alpha value is -1.15. The Balaban J connectivity index is 4.63. The van der Waals surface area contributed by atoms with Crippen LogP contribution in [-0.4, -0.2) is 48.5 Å². The second kappa shape index (κ2) is 7.23. The molecular weight excluding hydrogens is 248 g/mol. The van der Waals surface area contributed by atoms with Crippen molar-refractivity contribution in [2.24, 2.45) is 5.73 Å². The molecule has 0 rings (SSSR count). The number of amides is 1. The van der Waals surface area contributed by atoms with Crippen LogP contribution in [0.1, 0.15) is 26.2 Å². The zero-order valence-electron chi connectivity index (χ0n) is 9.76. The maximum Gasteiger partial charge on any atom is 0.304 e. The highest BCUT2D eigenvalue weighted by Gasteiger charge is 2.23. The van der Waals surface area contributed by atoms with E-state index in [-0.39, 0.29) is 6.54 Å². The highest BCUT2D eigenvalue weighted by Crippen LogP contribution is 2.05. The van der Waals surface area contributed by atoms with Gasteiger partial charge in [0.15, 0.2) is 0 Å². The standard InChI is InChI=1S/C9H18N2O5S/c1-2-3-5-11(7-8(10)12)17(15,16)6-4-9(13)14/h2-7H2,1H3,(H2,10,12)(H,13,14). The molecule has 3 N–H and O–H groups in total. The van der Waals surface area contributed by atoms with Crippen LogP contribution in [-0.2, 0) is 19.6 Å². The van der Waals surface area contributed by atoms with Crippen LogP contribution in [0.3, 0.4) is 0 Å². The Morgan fingerprint density at radius 1 is 1.35 bits per heavy atom. The molecule has 0 saturated carbocycles. The van der Waals surface area contributed by atoms with Gasteiger partial charge in [0.1, 0.15) is 0 Å². The molecule has 0 aliphatic carbocycles. The molecular formula is C9H18N2O5S. The molecule has 0 atom stereocenters. The summed E-state index contributed by atoms with van der Waals surface area (Å²) in [4.78, 5) is 21.1. The Bertz CT molecular complexity index is 366. The molecule has 0 aromatic carbocycles. The third kappa shape index (κ3) is 6.90. The van der Waals surface area contributed by atoms with E-state index in [4.69, 9.17) is 10.8 Å². The molecule has 0 fully saturated rings. The lowest BCUT2D eigenvalue weighted by molar-refractivity contribution is -0.136. The minimum atomic E-state index is -3.73. The van der Waals surface area contributed by atoms with Crippen molar-refractivity contribution in [2.75, 3.05) is 18.8 Å². The first-order valence-electron chi connectivity index (χ1n) is 5.27. The lowest BCUT2D eigenvalue weighted by Gasteiger charge is -2.19. The number of unbranched alkanes of at least 4 members (excludes halogenated alkanes) is 1. The van der Waals surface area contributed by atoms with Crippen LogP contribution >= 0.6 is 0 Å². The minimum Gasteiger partial charge on any atom is -0.481 e. The van der Waals surface area contributed by atoms with Crippen molar-refractivity contribution in [2.45, 2.75) is 26.2 Å². The van der Waals surface area contributed by atoms with E-state index in [2.05, 4.69) is 0 Å². The fourth-order valence-corrected chi connectivity index (χ4v) is 2.59. The third-order valence-electron chi connectivity index (χ3n) is 2.06. The van der Waals surface area contributed by atoms with Gasteiger partial charge >= 0.3 is 5.97 Å². The Morgan fingerprint density at radius 2 is 1.94 bits per heavy atom. The summed E-state index contributed by atoms with van der Waals surface area (Å²) in [5.41, 5.74) is 4.96. The number of primary amides is 1. The monoisotopic (exact) mass is 266 g/mol. The molecule has 8 heteroatoms. The third-order valence-corrected chi connectivity index (χ3v) is 3.88. The fraction of sp³-hybridized carbons (Fsp3) is 0.778. The number of nitrogens with zero attached hydrogens (tertiary/aromatic N) is 1. The average molecular weight is 266 g/mol. The predicted molar refractivity (Wildman–Crippen MR) is 61.7 cm³/mol. The SMILES string of the molecule is CCCCN(CC(N)=O)S(=O)(=O)CCC(=O)O. The largest absolute Gasteiger partial charge is 0.481 e. The highest BCUT2D eigenvalue weighted by molar-refractivity contribution is 7.89. The number of carboxylic acids is 1. The van der Waals surface area contributed by atoms with E-state index in [0.717, 1.165) is 10.7 Å². The Morgan fingerprint density at radius 3 is 2.35 bits per heavy atom. The summed E-state index contributed by atoms with van der Waals surface area (Å²) in [7, 11) is -3.73. The smallest absolute Gasteiger partial charge is 0.304 e. The fourth-order valence-electron chi connectivity index (χ4n) is 1.17. The van der Waals surface area contributed by atoms with Crippen LogP contribution in [0.15, 0.2) is 0 Å². The van der Waals surface area contributed by atoms with Crippen molar-refractivity contribution in [1.29, 1.82) is 0 Å². The summed E-state index contributed by atoms with van der Waals surface area (Å²) in [6.45, 7) is 1.66. The molecule has 1 amide bonds. The summed E-state index contributed by atoms with van der Waals surface area (Å²) in [6.07, 6.45) is 0.882. The summed E-state index contributed by atoms with van der Waals surface area (Å²) in [5.74, 6) is -2.46. The first-order chi connectivity index (χ1) is 7.79. The van der Waals surface area contributed by atoms with Gasteiger partial charge in [0.25, 0.3) is 0 Å². The van der Waals surface area contributed by atoms with Crippen LogP contribution in [0.25, 0.3) is 0 Å². The maximum atomic E-state index is 11.7. The van der Waals surface area contributed by atoms with Gasteiger partial charge in [-0.3, -0.25) is 9.59 Å². The van der Waals surface area contributed by atoms with E-state index in [1.807, 2.05) is 6.92 Å². The van der Waals surface area contributed by atoms with Gasteiger partial charge in [-0.1, -0.05) is 13.3 Å². The number of rotatable bonds is 9. The molecule has 0 aliphatic rings. The van der Waals surface area contributed by atoms with Crippen molar-refractivity contribution >= 4 is 21.9 Å². The molecule has 0 heterocycles. The van der Waals surface area contributed by atoms with Gasteiger partial charge in [0.2, 0.25) is 15.9 Å². The van der Waals surface area contributed by atoms with Gasteiger partial charge in [-0.05, 0) is 6.42 Å². The lowest BCUT2D eigenvalue weighted by Crippen LogP contribution is -2.40. The topological polar surface area (TPSA) is 118 Å². The number of carbonyl (C=O) groups excluding carboxylic acids is 1. The summed E-state index contributed by atoms with van der Waals surface area (Å²) < 4.78 is 24.4. The van der Waals surface area contributed by atoms with Crippen molar-refractivity contribution in [1.82, 2.24) is 4.31 Å². The van der Waals surface area contributed by atoms with Gasteiger partial charge < -0.3 is 10.8 Å². The first-order valence-corrected chi connectivity index (χ1v) is 6.88. The van der Waals surface area contributed by atoms with Crippen molar-refractivity contribution < 1.29 is 23.1 Å². The van der Waals surface area contributed by atoms with E-state index < -0.39 is 40.6 Å². The second-order valence-electron chi connectivity index (χ2n) is 3.61. The van der Waals surface area contributed by atoms with Gasteiger partial charge in [-0.2, -0.15) is 4.31 Å². The Kier molecular flexibility index (Phi) is 6.74. The maximum absolute atomic E-state index is 11.7. The van der Waals surface area contributed by atoms with E-state index >= 15 is 0 Å². The van der Waals surface area contributed by atoms with Crippen molar-refractivity contribution in [3.8, 4) is 0 Å². The first kappa shape index (κ1) is 15.9. The normalized spacial score (nSPS) is 11.6. The van der Waals surface area contributed by atoms with Crippen LogP contribution in [0.5, 0.6) is 0 Å². The van der Waals surface area contributed by atoms with Crippen LogP contribution in [0, 0.1) is 0 Å². The molecule has 0 aliphatic heterocycles. The molecule has 0 aromatic heterocycles. The van der Waals surface area contributed by atoms with Gasteiger partial charge in [-0.25, -0.2) is 8.42 Å². The van der Waals surface area contributed by atoms with Crippen LogP contribution < -0.4 is 5.73 Å². The van der Waals surface area contributed by atoms with Gasteiger partial charge in [-0.15, -0.1) is 0 Å². The number of aliphatic carboxylic acids is 1. The molecule has 100 valence electrons. The van der Waals surface area contributed by atoms with Crippen LogP contribution in [0.4, 0.5) is 0 Å². The van der Waals surface area contributed by atoms with E-state index in [1.54, 1.807) is 0 Å². The van der Waals surface area contributed by atoms with Gasteiger partial charge in [0.05, 0.1) is 18.7 Å². The molecule has 17 heavy (non-hydrogen) atoms. The Labute approximate surface area is 101 Å². The number of hydrogen-bond acceptors (Lipinski definition) is 4. The van der Waals surface area contributed by atoms with E-state index in [0.29, 0.717) is 6.42 Å². The van der Waals surface area contributed by atoms with Crippen LogP contribution in [0.2, 0.25) is 0 Å². The number of carbonyl (C=O) groups is 2. The highest BCUT2D eigenvalue weighted by atomic mass is 32.2. The van der Waals surface area contributed by atoms with Crippen molar-refractivity contribution in [3.05, 3.63) is 0 Å². The van der Waals surface area contributed by atoms with Gasteiger partial charge in [0, 0.05) is 6.54 Å². The zero-order valence-corrected chi connectivity index (χ0v) is 10.6. The second-order valence-corrected chi connectivity index (χ2v) is 5.70. The zero-order chi connectivity index (χ0) is 13.5. The molecule has 0 spiro atoms. The quantitative estimate of drug-likeness (QED) is 0.576. The molecule has 0 radical (unpaired) electrons. The van der Waals surface area contributed by atoms with Crippen molar-refractivity contribution in [3.63, 3.8) is 0 Å². The minimum absolute atomic E-state index is 0.182. The molecule has 0 aromatic rings. The number of carboxylic acid groups (broad SMARTS) is 1. The number of hydrogen-bond donors (Lipinski definition) is 2. The molecule has 0 saturated heterocycles. The summed E-state index contributed by atoms with van der Waals surface area (Å²) in [5, 5.41) is 8.44. The molecule has 7 nitrogen and oxygen atoms in total. The summed E-state index contributed by atoms with van der Waals surface area (Å²) in [6, 6.07) is 0. The molecule has 0 bridgehead atoms. The molecule has 0 unspecified atom stereocenters. The van der Waals surface area contributed by atoms with E-state index in [9.17, 15) is 18.0 Å². The number of sulfonamides is 1. The lowest BCUT2D eigenvalue weighted by atomic mass is 10.3. The van der Waals surface area contributed by atoms with E-state index in [1.165, 1.54) is 0 Å². The average Bonchev–Trinajstić information content (AvgIpc) is 2.21. The number of nitrogens with two attached hydrogens (primary N) is 1. The summed E-state index contributed by atoms with van der Waals surface area (Å²) >= 11 is 0. The predicted octanol–water partition coefficient (Wildman–Crippen LogP) is -0.622.